The molecule has 0 spiro atoms. The molecule has 1 aromatic heterocycles. The number of fused-ring (bicyclic) bond motifs is 1. The Labute approximate surface area is 162 Å². The Hall–Kier alpha value is -1.44. The van der Waals surface area contributed by atoms with Crippen LogP contribution < -0.4 is 5.32 Å². The van der Waals surface area contributed by atoms with E-state index in [-0.39, 0.29) is 10.7 Å². The van der Waals surface area contributed by atoms with Crippen molar-refractivity contribution in [2.75, 3.05) is 33.7 Å². The van der Waals surface area contributed by atoms with Crippen LogP contribution in [0.25, 0.3) is 11.0 Å². The maximum absolute atomic E-state index is 12.9. The largest absolute Gasteiger partial charge is 0.327 e. The van der Waals surface area contributed by atoms with Gasteiger partial charge in [-0.3, -0.25) is 0 Å². The molecule has 1 aliphatic rings. The molecule has 2 aromatic rings. The van der Waals surface area contributed by atoms with Crippen LogP contribution in [-0.4, -0.2) is 61.8 Å². The molecule has 6 nitrogen and oxygen atoms in total. The standard InChI is InChI=1S/C20H32N4O2S/c1-20(2,3)13-19-22-17-12-15(27(25,26)16-8-9-21-14-16)6-7-18(17)24(19)11-10-23(4)5/h6-7,12,16,21H,8-11,13-14H2,1-5H3. The predicted molar refractivity (Wildman–Crippen MR) is 110 cm³/mol. The van der Waals surface area contributed by atoms with Crippen molar-refractivity contribution in [2.24, 2.45) is 5.41 Å². The molecular weight excluding hydrogens is 360 g/mol. The van der Waals surface area contributed by atoms with Crippen molar-refractivity contribution in [1.82, 2.24) is 19.8 Å². The molecule has 1 saturated heterocycles. The van der Waals surface area contributed by atoms with Crippen molar-refractivity contribution in [2.45, 2.75) is 50.3 Å². The van der Waals surface area contributed by atoms with E-state index in [1.807, 2.05) is 6.07 Å². The summed E-state index contributed by atoms with van der Waals surface area (Å²) in [5, 5.41) is 2.81. The molecule has 1 atom stereocenters. The van der Waals surface area contributed by atoms with Gasteiger partial charge in [0.15, 0.2) is 9.84 Å². The van der Waals surface area contributed by atoms with Crippen LogP contribution in [0.4, 0.5) is 0 Å². The summed E-state index contributed by atoms with van der Waals surface area (Å²) in [5.74, 6) is 1.02. The second-order valence-corrected chi connectivity index (χ2v) is 11.3. The van der Waals surface area contributed by atoms with E-state index in [0.717, 1.165) is 42.9 Å². The Morgan fingerprint density at radius 3 is 2.63 bits per heavy atom. The number of rotatable bonds is 6. The van der Waals surface area contributed by atoms with E-state index in [1.165, 1.54) is 0 Å². The van der Waals surface area contributed by atoms with Crippen molar-refractivity contribution in [3.8, 4) is 0 Å². The Kier molecular flexibility index (Phi) is 5.66. The number of likely N-dealkylation sites (N-methyl/N-ethyl adjacent to an activating group) is 1. The number of nitrogens with zero attached hydrogens (tertiary/aromatic N) is 3. The molecule has 3 rings (SSSR count). The minimum atomic E-state index is -3.31. The Balaban J connectivity index is 2.03. The molecule has 0 aliphatic carbocycles. The molecule has 0 amide bonds. The third kappa shape index (κ3) is 4.52. The molecule has 150 valence electrons. The lowest BCUT2D eigenvalue weighted by Gasteiger charge is -2.19. The van der Waals surface area contributed by atoms with Gasteiger partial charge in [-0.1, -0.05) is 20.8 Å². The fraction of sp³-hybridized carbons (Fsp3) is 0.650. The Bertz CT molecular complexity index is 904. The molecule has 1 unspecified atom stereocenters. The van der Waals surface area contributed by atoms with E-state index in [0.29, 0.717) is 17.9 Å². The summed E-state index contributed by atoms with van der Waals surface area (Å²) in [6, 6.07) is 5.45. The number of hydrogen-bond acceptors (Lipinski definition) is 5. The lowest BCUT2D eigenvalue weighted by molar-refractivity contribution is 0.365. The lowest BCUT2D eigenvalue weighted by Crippen LogP contribution is -2.24. The van der Waals surface area contributed by atoms with Crippen molar-refractivity contribution >= 4 is 20.9 Å². The molecule has 1 fully saturated rings. The highest BCUT2D eigenvalue weighted by Crippen LogP contribution is 2.28. The quantitative estimate of drug-likeness (QED) is 0.817. The summed E-state index contributed by atoms with van der Waals surface area (Å²) >= 11 is 0. The third-order valence-electron chi connectivity index (χ3n) is 5.04. The summed E-state index contributed by atoms with van der Waals surface area (Å²) in [5.41, 5.74) is 1.90. The highest BCUT2D eigenvalue weighted by molar-refractivity contribution is 7.92. The molecule has 1 aromatic carbocycles. The SMILES string of the molecule is CN(C)CCn1c(CC(C)(C)C)nc2cc(S(=O)(=O)C3CCNC3)ccc21. The van der Waals surface area contributed by atoms with E-state index in [4.69, 9.17) is 4.98 Å². The van der Waals surface area contributed by atoms with Gasteiger partial charge >= 0.3 is 0 Å². The Morgan fingerprint density at radius 2 is 2.04 bits per heavy atom. The molecule has 0 radical (unpaired) electrons. The first-order chi connectivity index (χ1) is 12.6. The van der Waals surface area contributed by atoms with Gasteiger partial charge in [-0.2, -0.15) is 0 Å². The van der Waals surface area contributed by atoms with Crippen molar-refractivity contribution in [3.63, 3.8) is 0 Å². The van der Waals surface area contributed by atoms with E-state index in [2.05, 4.69) is 49.7 Å². The van der Waals surface area contributed by atoms with Gasteiger partial charge in [0.25, 0.3) is 0 Å². The summed E-state index contributed by atoms with van der Waals surface area (Å²) in [7, 11) is 0.802. The molecule has 7 heteroatoms. The van der Waals surface area contributed by atoms with Gasteiger partial charge in [0.1, 0.15) is 5.82 Å². The van der Waals surface area contributed by atoms with Crippen molar-refractivity contribution < 1.29 is 8.42 Å². The maximum Gasteiger partial charge on any atom is 0.182 e. The fourth-order valence-corrected chi connectivity index (χ4v) is 5.26. The summed E-state index contributed by atoms with van der Waals surface area (Å²) in [6.45, 7) is 9.65. The smallest absolute Gasteiger partial charge is 0.182 e. The van der Waals surface area contributed by atoms with Crippen LogP contribution in [-0.2, 0) is 22.8 Å². The second kappa shape index (κ2) is 7.53. The van der Waals surface area contributed by atoms with Crippen molar-refractivity contribution in [3.05, 3.63) is 24.0 Å². The number of sulfone groups is 1. The summed E-state index contributed by atoms with van der Waals surface area (Å²) in [4.78, 5) is 7.38. The van der Waals surface area contributed by atoms with Gasteiger partial charge in [0, 0.05) is 26.1 Å². The van der Waals surface area contributed by atoms with E-state index >= 15 is 0 Å². The summed E-state index contributed by atoms with van der Waals surface area (Å²) < 4.78 is 28.1. The van der Waals surface area contributed by atoms with Crippen LogP contribution in [0.2, 0.25) is 0 Å². The van der Waals surface area contributed by atoms with E-state index < -0.39 is 9.84 Å². The normalized spacial score (nSPS) is 18.7. The van der Waals surface area contributed by atoms with Crippen molar-refractivity contribution in [1.29, 1.82) is 0 Å². The van der Waals surface area contributed by atoms with Gasteiger partial charge in [-0.05, 0) is 50.7 Å². The average Bonchev–Trinajstić information content (AvgIpc) is 3.19. The third-order valence-corrected chi connectivity index (χ3v) is 7.23. The highest BCUT2D eigenvalue weighted by Gasteiger charge is 2.30. The maximum atomic E-state index is 12.9. The van der Waals surface area contributed by atoms with Crippen LogP contribution in [0.15, 0.2) is 23.1 Å². The molecule has 0 bridgehead atoms. The van der Waals surface area contributed by atoms with Crippen LogP contribution in [0, 0.1) is 5.41 Å². The average molecular weight is 393 g/mol. The van der Waals surface area contributed by atoms with Gasteiger partial charge in [-0.25, -0.2) is 13.4 Å². The molecule has 27 heavy (non-hydrogen) atoms. The van der Waals surface area contributed by atoms with Crippen LogP contribution in [0.3, 0.4) is 0 Å². The molecule has 1 N–H and O–H groups in total. The van der Waals surface area contributed by atoms with E-state index in [1.54, 1.807) is 12.1 Å². The highest BCUT2D eigenvalue weighted by atomic mass is 32.2. The van der Waals surface area contributed by atoms with Gasteiger partial charge in [0.2, 0.25) is 0 Å². The predicted octanol–water partition coefficient (Wildman–Crippen LogP) is 2.32. The topological polar surface area (TPSA) is 67.2 Å². The number of benzene rings is 1. The van der Waals surface area contributed by atoms with E-state index in [9.17, 15) is 8.42 Å². The minimum absolute atomic E-state index is 0.113. The Morgan fingerprint density at radius 1 is 1.30 bits per heavy atom. The van der Waals surface area contributed by atoms with Crippen LogP contribution in [0.1, 0.15) is 33.0 Å². The number of nitrogens with one attached hydrogen (secondary N) is 1. The zero-order valence-electron chi connectivity index (χ0n) is 17.1. The van der Waals surface area contributed by atoms with Crippen LogP contribution >= 0.6 is 0 Å². The first-order valence-corrected chi connectivity index (χ1v) is 11.2. The van der Waals surface area contributed by atoms with Gasteiger partial charge in [0.05, 0.1) is 21.2 Å². The molecule has 0 saturated carbocycles. The van der Waals surface area contributed by atoms with Gasteiger partial charge in [-0.15, -0.1) is 0 Å². The lowest BCUT2D eigenvalue weighted by atomic mass is 9.92. The first-order valence-electron chi connectivity index (χ1n) is 9.66. The fourth-order valence-electron chi connectivity index (χ4n) is 3.58. The molecule has 1 aliphatic heterocycles. The number of imidazole rings is 1. The number of hydrogen-bond donors (Lipinski definition) is 1. The summed E-state index contributed by atoms with van der Waals surface area (Å²) in [6.07, 6.45) is 1.52. The number of aromatic nitrogens is 2. The van der Waals surface area contributed by atoms with Gasteiger partial charge < -0.3 is 14.8 Å². The molecule has 2 heterocycles. The molecular formula is C20H32N4O2S. The van der Waals surface area contributed by atoms with Crippen LogP contribution in [0.5, 0.6) is 0 Å². The second-order valence-electron chi connectivity index (χ2n) is 9.03. The zero-order chi connectivity index (χ0) is 19.8. The monoisotopic (exact) mass is 392 g/mol. The zero-order valence-corrected chi connectivity index (χ0v) is 17.9. The first kappa shape index (κ1) is 20.3. The minimum Gasteiger partial charge on any atom is -0.327 e.